The van der Waals surface area contributed by atoms with Crippen LogP contribution < -0.4 is 0 Å². The van der Waals surface area contributed by atoms with E-state index in [9.17, 15) is 4.79 Å². The van der Waals surface area contributed by atoms with Gasteiger partial charge in [0.2, 0.25) is 0 Å². The molecule has 2 aliphatic rings. The van der Waals surface area contributed by atoms with E-state index in [-0.39, 0.29) is 0 Å². The summed E-state index contributed by atoms with van der Waals surface area (Å²) in [5.41, 5.74) is 1.10. The smallest absolute Gasteiger partial charge is 0.174 e. The van der Waals surface area contributed by atoms with E-state index in [4.69, 9.17) is 4.98 Å². The zero-order valence-corrected chi connectivity index (χ0v) is 11.2. The Kier molecular flexibility index (Phi) is 3.03. The molecule has 0 radical (unpaired) electrons. The highest BCUT2D eigenvalue weighted by Crippen LogP contribution is 2.42. The van der Waals surface area contributed by atoms with Gasteiger partial charge >= 0.3 is 0 Å². The number of thiazole rings is 1. The van der Waals surface area contributed by atoms with Crippen LogP contribution in [-0.4, -0.2) is 10.8 Å². The van der Waals surface area contributed by atoms with E-state index in [1.165, 1.54) is 30.7 Å². The highest BCUT2D eigenvalue weighted by Gasteiger charge is 2.30. The summed E-state index contributed by atoms with van der Waals surface area (Å²) in [4.78, 5) is 17.5. The Morgan fingerprint density at radius 3 is 2.94 bits per heavy atom. The summed E-state index contributed by atoms with van der Waals surface area (Å²) in [6, 6.07) is 0. The van der Waals surface area contributed by atoms with Crippen molar-refractivity contribution in [2.45, 2.75) is 57.8 Å². The molecule has 0 bridgehead atoms. The van der Waals surface area contributed by atoms with Crippen LogP contribution in [-0.2, 0) is 6.42 Å². The Balaban J connectivity index is 1.83. The number of carbonyl (C=O) groups excluding carboxylic acids is 1. The highest BCUT2D eigenvalue weighted by molar-refractivity contribution is 7.14. The zero-order valence-electron chi connectivity index (χ0n) is 10.4. The second kappa shape index (κ2) is 4.52. The molecular weight excluding hydrogens is 230 g/mol. The molecule has 17 heavy (non-hydrogen) atoms. The van der Waals surface area contributed by atoms with Crippen molar-refractivity contribution in [3.05, 3.63) is 15.6 Å². The number of rotatable bonds is 2. The van der Waals surface area contributed by atoms with Gasteiger partial charge in [-0.25, -0.2) is 4.98 Å². The molecule has 0 saturated heterocycles. The first kappa shape index (κ1) is 11.4. The number of aromatic nitrogens is 1. The number of fused-ring (bicyclic) bond motifs is 1. The van der Waals surface area contributed by atoms with Crippen molar-refractivity contribution >= 4 is 17.1 Å². The fraction of sp³-hybridized carbons (Fsp3) is 0.714. The maximum absolute atomic E-state index is 11.8. The lowest BCUT2D eigenvalue weighted by molar-refractivity contribution is 0.0976. The van der Waals surface area contributed by atoms with Gasteiger partial charge in [-0.1, -0.05) is 13.3 Å². The summed E-state index contributed by atoms with van der Waals surface area (Å²) < 4.78 is 0. The van der Waals surface area contributed by atoms with Gasteiger partial charge in [-0.2, -0.15) is 0 Å². The summed E-state index contributed by atoms with van der Waals surface area (Å²) >= 11 is 1.69. The van der Waals surface area contributed by atoms with Crippen molar-refractivity contribution in [2.75, 3.05) is 0 Å². The Morgan fingerprint density at radius 2 is 2.24 bits per heavy atom. The number of hydrogen-bond acceptors (Lipinski definition) is 3. The van der Waals surface area contributed by atoms with Crippen molar-refractivity contribution in [1.82, 2.24) is 4.98 Å². The lowest BCUT2D eigenvalue weighted by Gasteiger charge is -2.06. The van der Waals surface area contributed by atoms with E-state index in [0.717, 1.165) is 35.8 Å². The van der Waals surface area contributed by atoms with E-state index in [0.29, 0.717) is 11.7 Å². The van der Waals surface area contributed by atoms with Gasteiger partial charge in [-0.3, -0.25) is 4.79 Å². The maximum Gasteiger partial charge on any atom is 0.174 e. The predicted octanol–water partition coefficient (Wildman–Crippen LogP) is 3.96. The van der Waals surface area contributed by atoms with E-state index >= 15 is 0 Å². The number of aryl methyl sites for hydroxylation is 1. The molecule has 1 aromatic heterocycles. The van der Waals surface area contributed by atoms with Crippen molar-refractivity contribution in [3.8, 4) is 0 Å². The minimum atomic E-state index is 0.333. The van der Waals surface area contributed by atoms with Crippen LogP contribution >= 0.6 is 11.3 Å². The molecule has 1 saturated carbocycles. The Labute approximate surface area is 106 Å². The van der Waals surface area contributed by atoms with Crippen LogP contribution in [0.3, 0.4) is 0 Å². The van der Waals surface area contributed by atoms with Gasteiger partial charge in [-0.05, 0) is 38.0 Å². The average Bonchev–Trinajstić information content (AvgIpc) is 2.95. The molecule has 0 aliphatic heterocycles. The van der Waals surface area contributed by atoms with Crippen molar-refractivity contribution in [3.63, 3.8) is 0 Å². The van der Waals surface area contributed by atoms with E-state index in [2.05, 4.69) is 6.92 Å². The minimum absolute atomic E-state index is 0.333. The molecule has 1 fully saturated rings. The molecule has 92 valence electrons. The lowest BCUT2D eigenvalue weighted by Crippen LogP contribution is -2.07. The van der Waals surface area contributed by atoms with Gasteiger partial charge in [0.05, 0.1) is 15.6 Å². The van der Waals surface area contributed by atoms with Gasteiger partial charge in [0.1, 0.15) is 0 Å². The third-order valence-corrected chi connectivity index (χ3v) is 5.55. The molecule has 1 aromatic rings. The number of carbonyl (C=O) groups is 1. The third-order valence-electron chi connectivity index (χ3n) is 4.25. The van der Waals surface area contributed by atoms with Crippen LogP contribution in [0.25, 0.3) is 0 Å². The summed E-state index contributed by atoms with van der Waals surface area (Å²) in [5, 5.41) is 1.25. The standard InChI is InChI=1S/C14H19NOS/c1-2-9-6-7-10(8-9)14-15-11-4-3-5-12(16)13(11)17-14/h9-10H,2-8H2,1H3. The van der Waals surface area contributed by atoms with Crippen LogP contribution in [0, 0.1) is 5.92 Å². The molecule has 0 N–H and O–H groups in total. The quantitative estimate of drug-likeness (QED) is 0.794. The van der Waals surface area contributed by atoms with Crippen molar-refractivity contribution in [2.24, 2.45) is 5.92 Å². The van der Waals surface area contributed by atoms with E-state index < -0.39 is 0 Å². The first-order valence-electron chi connectivity index (χ1n) is 6.80. The predicted molar refractivity (Wildman–Crippen MR) is 69.8 cm³/mol. The van der Waals surface area contributed by atoms with Gasteiger partial charge < -0.3 is 0 Å². The normalized spacial score (nSPS) is 28.4. The third kappa shape index (κ3) is 2.05. The Hall–Kier alpha value is -0.700. The molecule has 3 rings (SSSR count). The molecule has 0 spiro atoms. The number of hydrogen-bond donors (Lipinski definition) is 0. The fourth-order valence-corrected chi connectivity index (χ4v) is 4.36. The molecule has 2 unspecified atom stereocenters. The molecule has 0 amide bonds. The first-order chi connectivity index (χ1) is 8.28. The van der Waals surface area contributed by atoms with Crippen LogP contribution in [0.2, 0.25) is 0 Å². The summed E-state index contributed by atoms with van der Waals surface area (Å²) in [6.07, 6.45) is 7.95. The second-order valence-corrected chi connectivity index (χ2v) is 6.42. The number of ketones is 1. The van der Waals surface area contributed by atoms with Crippen LogP contribution in [0.5, 0.6) is 0 Å². The van der Waals surface area contributed by atoms with Gasteiger partial charge in [0.25, 0.3) is 0 Å². The monoisotopic (exact) mass is 249 g/mol. The van der Waals surface area contributed by atoms with E-state index in [1.807, 2.05) is 0 Å². The molecule has 2 atom stereocenters. The van der Waals surface area contributed by atoms with E-state index in [1.54, 1.807) is 11.3 Å². The molecule has 3 heteroatoms. The molecule has 2 nitrogen and oxygen atoms in total. The van der Waals surface area contributed by atoms with Gasteiger partial charge in [0.15, 0.2) is 5.78 Å². The second-order valence-electron chi connectivity index (χ2n) is 5.39. The lowest BCUT2D eigenvalue weighted by atomic mass is 10.0. The number of Topliss-reactive ketones (excluding diaryl/α,β-unsaturated/α-hetero) is 1. The van der Waals surface area contributed by atoms with Gasteiger partial charge in [-0.15, -0.1) is 11.3 Å². The summed E-state index contributed by atoms with van der Waals surface area (Å²) in [6.45, 7) is 2.28. The summed E-state index contributed by atoms with van der Waals surface area (Å²) in [5.74, 6) is 1.86. The minimum Gasteiger partial charge on any atom is -0.293 e. The Morgan fingerprint density at radius 1 is 1.35 bits per heavy atom. The molecule has 0 aromatic carbocycles. The van der Waals surface area contributed by atoms with Crippen molar-refractivity contribution in [1.29, 1.82) is 0 Å². The maximum atomic E-state index is 11.8. The zero-order chi connectivity index (χ0) is 11.8. The van der Waals surface area contributed by atoms with Crippen LogP contribution in [0.1, 0.15) is 71.7 Å². The highest BCUT2D eigenvalue weighted by atomic mass is 32.1. The Bertz CT molecular complexity index is 437. The molecular formula is C14H19NOS. The topological polar surface area (TPSA) is 30.0 Å². The average molecular weight is 249 g/mol. The molecule has 1 heterocycles. The molecule has 2 aliphatic carbocycles. The summed E-state index contributed by atoms with van der Waals surface area (Å²) in [7, 11) is 0. The largest absolute Gasteiger partial charge is 0.293 e. The number of nitrogens with zero attached hydrogens (tertiary/aromatic N) is 1. The first-order valence-corrected chi connectivity index (χ1v) is 7.62. The fourth-order valence-electron chi connectivity index (χ4n) is 3.13. The SMILES string of the molecule is CCC1CCC(c2nc3c(s2)C(=O)CCC3)C1. The van der Waals surface area contributed by atoms with Crippen LogP contribution in [0.4, 0.5) is 0 Å². The van der Waals surface area contributed by atoms with Crippen LogP contribution in [0.15, 0.2) is 0 Å². The van der Waals surface area contributed by atoms with Crippen molar-refractivity contribution < 1.29 is 4.79 Å². The van der Waals surface area contributed by atoms with Gasteiger partial charge in [0, 0.05) is 12.3 Å².